The molecule has 0 bridgehead atoms. The third-order valence-corrected chi connectivity index (χ3v) is 4.06. The molecule has 0 saturated heterocycles. The predicted octanol–water partition coefficient (Wildman–Crippen LogP) is 4.30. The van der Waals surface area contributed by atoms with E-state index in [1.165, 1.54) is 5.56 Å². The summed E-state index contributed by atoms with van der Waals surface area (Å²) in [4.78, 5) is 0. The fourth-order valence-corrected chi connectivity index (χ4v) is 2.33. The van der Waals surface area contributed by atoms with Crippen molar-refractivity contribution < 1.29 is 9.47 Å². The minimum Gasteiger partial charge on any atom is -0.496 e. The van der Waals surface area contributed by atoms with E-state index in [9.17, 15) is 0 Å². The summed E-state index contributed by atoms with van der Waals surface area (Å²) in [5.74, 6) is 2.06. The predicted molar refractivity (Wildman–Crippen MR) is 81.2 cm³/mol. The Morgan fingerprint density at radius 1 is 1.21 bits per heavy atom. The van der Waals surface area contributed by atoms with Gasteiger partial charge in [-0.3, -0.25) is 0 Å². The lowest BCUT2D eigenvalue weighted by Crippen LogP contribution is -2.24. The summed E-state index contributed by atoms with van der Waals surface area (Å²) in [7, 11) is 3.47. The molecule has 1 rings (SSSR count). The van der Waals surface area contributed by atoms with Gasteiger partial charge >= 0.3 is 0 Å². The number of halogens is 1. The van der Waals surface area contributed by atoms with E-state index in [-0.39, 0.29) is 5.60 Å². The molecule has 1 aromatic carbocycles. The van der Waals surface area contributed by atoms with Crippen LogP contribution in [0.2, 0.25) is 0 Å². The summed E-state index contributed by atoms with van der Waals surface area (Å²) in [5.41, 5.74) is 1.15. The highest BCUT2D eigenvalue weighted by Gasteiger charge is 2.19. The Balaban J connectivity index is 2.61. The van der Waals surface area contributed by atoms with Crippen LogP contribution >= 0.6 is 11.6 Å². The van der Waals surface area contributed by atoms with Crippen LogP contribution in [0.4, 0.5) is 0 Å². The van der Waals surface area contributed by atoms with Gasteiger partial charge in [-0.25, -0.2) is 0 Å². The molecule has 1 aromatic rings. The zero-order valence-electron chi connectivity index (χ0n) is 12.4. The van der Waals surface area contributed by atoms with Gasteiger partial charge in [-0.05, 0) is 50.7 Å². The maximum Gasteiger partial charge on any atom is 0.122 e. The standard InChI is InChI=1S/C16H25ClO2/c1-16(2,19-4)10-9-13(12-17)11-14-7-5-6-8-15(14)18-3/h5-8,13H,9-12H2,1-4H3. The molecule has 0 fully saturated rings. The Hall–Kier alpha value is -0.730. The number of para-hydroxylation sites is 1. The monoisotopic (exact) mass is 284 g/mol. The number of methoxy groups -OCH3 is 2. The van der Waals surface area contributed by atoms with E-state index in [2.05, 4.69) is 19.9 Å². The van der Waals surface area contributed by atoms with E-state index in [4.69, 9.17) is 21.1 Å². The van der Waals surface area contributed by atoms with E-state index < -0.39 is 0 Å². The minimum absolute atomic E-state index is 0.0783. The van der Waals surface area contributed by atoms with Crippen LogP contribution in [-0.4, -0.2) is 25.7 Å². The number of hydrogen-bond acceptors (Lipinski definition) is 2. The van der Waals surface area contributed by atoms with Gasteiger partial charge in [0.2, 0.25) is 0 Å². The first-order valence-corrected chi connectivity index (χ1v) is 7.29. The molecule has 19 heavy (non-hydrogen) atoms. The van der Waals surface area contributed by atoms with Crippen LogP contribution in [-0.2, 0) is 11.2 Å². The van der Waals surface area contributed by atoms with Gasteiger partial charge in [0, 0.05) is 13.0 Å². The van der Waals surface area contributed by atoms with E-state index in [1.54, 1.807) is 14.2 Å². The van der Waals surface area contributed by atoms with Crippen molar-refractivity contribution in [1.29, 1.82) is 0 Å². The second-order valence-corrected chi connectivity index (χ2v) is 5.85. The molecule has 0 amide bonds. The lowest BCUT2D eigenvalue weighted by Gasteiger charge is -2.25. The highest BCUT2D eigenvalue weighted by molar-refractivity contribution is 6.18. The minimum atomic E-state index is -0.0783. The molecular weight excluding hydrogens is 260 g/mol. The van der Waals surface area contributed by atoms with Gasteiger partial charge < -0.3 is 9.47 Å². The molecule has 0 N–H and O–H groups in total. The topological polar surface area (TPSA) is 18.5 Å². The molecule has 3 heteroatoms. The lowest BCUT2D eigenvalue weighted by atomic mass is 9.91. The summed E-state index contributed by atoms with van der Waals surface area (Å²) < 4.78 is 10.8. The Kier molecular flexibility index (Phi) is 6.67. The average molecular weight is 285 g/mol. The molecule has 108 valence electrons. The maximum absolute atomic E-state index is 6.10. The second kappa shape index (κ2) is 7.76. The fraction of sp³-hybridized carbons (Fsp3) is 0.625. The van der Waals surface area contributed by atoms with Crippen LogP contribution < -0.4 is 4.74 Å². The van der Waals surface area contributed by atoms with Crippen molar-refractivity contribution >= 4 is 11.6 Å². The number of ether oxygens (including phenoxy) is 2. The zero-order valence-corrected chi connectivity index (χ0v) is 13.2. The lowest BCUT2D eigenvalue weighted by molar-refractivity contribution is 0.0110. The Labute approximate surface area is 122 Å². The SMILES string of the molecule is COc1ccccc1CC(CCl)CCC(C)(C)OC. The molecule has 2 nitrogen and oxygen atoms in total. The highest BCUT2D eigenvalue weighted by Crippen LogP contribution is 2.26. The van der Waals surface area contributed by atoms with Gasteiger partial charge in [0.15, 0.2) is 0 Å². The van der Waals surface area contributed by atoms with Crippen LogP contribution in [0.1, 0.15) is 32.3 Å². The van der Waals surface area contributed by atoms with E-state index in [0.717, 1.165) is 25.0 Å². The number of rotatable bonds is 8. The van der Waals surface area contributed by atoms with Crippen molar-refractivity contribution in [3.05, 3.63) is 29.8 Å². The molecule has 0 saturated carbocycles. The molecule has 0 aliphatic rings. The number of hydrogen-bond donors (Lipinski definition) is 0. The third-order valence-electron chi connectivity index (χ3n) is 3.63. The van der Waals surface area contributed by atoms with Crippen LogP contribution in [0.25, 0.3) is 0 Å². The number of benzene rings is 1. The van der Waals surface area contributed by atoms with Crippen LogP contribution in [0, 0.1) is 5.92 Å². The molecule has 0 aliphatic heterocycles. The molecule has 0 aromatic heterocycles. The first-order chi connectivity index (χ1) is 9.02. The summed E-state index contributed by atoms with van der Waals surface area (Å²) in [6.07, 6.45) is 3.02. The van der Waals surface area contributed by atoms with Crippen LogP contribution in [0.3, 0.4) is 0 Å². The molecule has 0 heterocycles. The van der Waals surface area contributed by atoms with Gasteiger partial charge in [0.05, 0.1) is 12.7 Å². The van der Waals surface area contributed by atoms with Gasteiger partial charge in [-0.2, -0.15) is 0 Å². The normalized spacial score (nSPS) is 13.3. The molecule has 1 unspecified atom stereocenters. The highest BCUT2D eigenvalue weighted by atomic mass is 35.5. The second-order valence-electron chi connectivity index (χ2n) is 5.54. The average Bonchev–Trinajstić information content (AvgIpc) is 2.43. The fourth-order valence-electron chi connectivity index (χ4n) is 2.07. The molecule has 0 aliphatic carbocycles. The van der Waals surface area contributed by atoms with E-state index in [1.807, 2.05) is 18.2 Å². The quantitative estimate of drug-likeness (QED) is 0.663. The van der Waals surface area contributed by atoms with Crippen LogP contribution in [0.5, 0.6) is 5.75 Å². The van der Waals surface area contributed by atoms with Crippen molar-refractivity contribution in [1.82, 2.24) is 0 Å². The maximum atomic E-state index is 6.10. The van der Waals surface area contributed by atoms with Crippen molar-refractivity contribution in [3.63, 3.8) is 0 Å². The first kappa shape index (κ1) is 16.3. The third kappa shape index (κ3) is 5.42. The summed E-state index contributed by atoms with van der Waals surface area (Å²) >= 11 is 6.10. The van der Waals surface area contributed by atoms with Gasteiger partial charge in [0.1, 0.15) is 5.75 Å². The van der Waals surface area contributed by atoms with Crippen LogP contribution in [0.15, 0.2) is 24.3 Å². The van der Waals surface area contributed by atoms with Crippen molar-refractivity contribution in [2.24, 2.45) is 5.92 Å². The van der Waals surface area contributed by atoms with Gasteiger partial charge in [0.25, 0.3) is 0 Å². The van der Waals surface area contributed by atoms with Gasteiger partial charge in [-0.15, -0.1) is 11.6 Å². The van der Waals surface area contributed by atoms with Crippen molar-refractivity contribution in [2.45, 2.75) is 38.7 Å². The molecule has 0 radical (unpaired) electrons. The Morgan fingerprint density at radius 3 is 2.47 bits per heavy atom. The molecule has 0 spiro atoms. The van der Waals surface area contributed by atoms with Gasteiger partial charge in [-0.1, -0.05) is 18.2 Å². The first-order valence-electron chi connectivity index (χ1n) is 6.75. The zero-order chi connectivity index (χ0) is 14.3. The summed E-state index contributed by atoms with van der Waals surface area (Å²) in [5, 5.41) is 0. The Morgan fingerprint density at radius 2 is 1.89 bits per heavy atom. The van der Waals surface area contributed by atoms with Crippen molar-refractivity contribution in [2.75, 3.05) is 20.1 Å². The molecular formula is C16H25ClO2. The summed E-state index contributed by atoms with van der Waals surface area (Å²) in [6.45, 7) is 4.22. The van der Waals surface area contributed by atoms with E-state index in [0.29, 0.717) is 11.8 Å². The van der Waals surface area contributed by atoms with E-state index >= 15 is 0 Å². The summed E-state index contributed by atoms with van der Waals surface area (Å²) in [6, 6.07) is 8.15. The Bertz CT molecular complexity index is 377. The number of alkyl halides is 1. The largest absolute Gasteiger partial charge is 0.496 e. The molecule has 1 atom stereocenters. The van der Waals surface area contributed by atoms with Crippen molar-refractivity contribution in [3.8, 4) is 5.75 Å². The smallest absolute Gasteiger partial charge is 0.122 e.